The second kappa shape index (κ2) is 5.59. The topological polar surface area (TPSA) is 24.7 Å². The number of rotatable bonds is 3. The maximum absolute atomic E-state index is 5.91. The molecular weight excluding hydrogens is 276 g/mol. The van der Waals surface area contributed by atoms with E-state index in [9.17, 15) is 0 Å². The molecule has 0 aromatic heterocycles. The summed E-state index contributed by atoms with van der Waals surface area (Å²) in [5.74, 6) is 0.962. The molecule has 0 saturated carbocycles. The van der Waals surface area contributed by atoms with Gasteiger partial charge >= 0.3 is 0 Å². The zero-order valence-corrected chi connectivity index (χ0v) is 11.9. The first kappa shape index (κ1) is 12.5. The fourth-order valence-corrected chi connectivity index (χ4v) is 3.86. The van der Waals surface area contributed by atoms with Crippen molar-refractivity contribution in [1.29, 1.82) is 0 Å². The number of hydrogen-bond donors (Lipinski definition) is 1. The molecule has 0 spiro atoms. The van der Waals surface area contributed by atoms with Crippen molar-refractivity contribution in [2.45, 2.75) is 5.75 Å². The summed E-state index contributed by atoms with van der Waals surface area (Å²) in [5.41, 5.74) is 4.42. The fourth-order valence-electron chi connectivity index (χ4n) is 1.97. The van der Waals surface area contributed by atoms with Gasteiger partial charge in [0.15, 0.2) is 0 Å². The van der Waals surface area contributed by atoms with Gasteiger partial charge in [-0.15, -0.1) is 5.10 Å². The summed E-state index contributed by atoms with van der Waals surface area (Å²) >= 11 is 5.91. The highest BCUT2D eigenvalue weighted by atomic mass is 35.5. The minimum atomic E-state index is -0.455. The molecule has 0 saturated heterocycles. The Balaban J connectivity index is 1.80. The summed E-state index contributed by atoms with van der Waals surface area (Å²) in [6.45, 7) is 0. The van der Waals surface area contributed by atoms with Crippen LogP contribution in [-0.2, 0) is 5.75 Å². The molecule has 3 rings (SSSR count). The highest BCUT2D eigenvalue weighted by Gasteiger charge is 2.16. The van der Waals surface area contributed by atoms with Crippen molar-refractivity contribution in [3.8, 4) is 0 Å². The minimum Gasteiger partial charge on any atom is -0.165 e. The molecule has 96 valence electrons. The summed E-state index contributed by atoms with van der Waals surface area (Å²) in [4.78, 5) is 0. The Kier molecular flexibility index (Phi) is 3.67. The monoisotopic (exact) mass is 288 g/mol. The molecule has 2 aromatic rings. The lowest BCUT2D eigenvalue weighted by molar-refractivity contribution is 1.28. The Morgan fingerprint density at radius 3 is 2.42 bits per heavy atom. The van der Waals surface area contributed by atoms with Crippen molar-refractivity contribution in [3.05, 3.63) is 70.7 Å². The molecule has 0 fully saturated rings. The van der Waals surface area contributed by atoms with Gasteiger partial charge < -0.3 is 0 Å². The molecular formula is C15H13ClN2S. The van der Waals surface area contributed by atoms with Gasteiger partial charge in [0.25, 0.3) is 0 Å². The average molecular weight is 289 g/mol. The summed E-state index contributed by atoms with van der Waals surface area (Å²) in [7, 11) is -0.455. The number of hydrogen-bond acceptors (Lipinski definition) is 2. The lowest BCUT2D eigenvalue weighted by atomic mass is 10.2. The van der Waals surface area contributed by atoms with Crippen LogP contribution in [0.5, 0.6) is 0 Å². The number of halogens is 1. The highest BCUT2D eigenvalue weighted by molar-refractivity contribution is 8.40. The largest absolute Gasteiger partial charge is 0.165 e. The molecule has 2 nitrogen and oxygen atoms in total. The van der Waals surface area contributed by atoms with E-state index < -0.39 is 10.9 Å². The molecule has 0 bridgehead atoms. The Bertz CT molecular complexity index is 620. The van der Waals surface area contributed by atoms with Crippen molar-refractivity contribution in [1.82, 2.24) is 0 Å². The Hall–Kier alpha value is -1.58. The van der Waals surface area contributed by atoms with Crippen LogP contribution in [-0.4, -0.2) is 10.6 Å². The normalized spacial score (nSPS) is 19.4. The lowest BCUT2D eigenvalue weighted by Gasteiger charge is -2.14. The van der Waals surface area contributed by atoms with E-state index in [4.69, 9.17) is 11.6 Å². The molecule has 0 aliphatic carbocycles. The first-order valence-electron chi connectivity index (χ1n) is 6.00. The van der Waals surface area contributed by atoms with E-state index in [2.05, 4.69) is 34.5 Å². The van der Waals surface area contributed by atoms with Gasteiger partial charge in [-0.05, 0) is 17.7 Å². The van der Waals surface area contributed by atoms with E-state index in [1.807, 2.05) is 35.9 Å². The second-order valence-electron chi connectivity index (χ2n) is 4.27. The quantitative estimate of drug-likeness (QED) is 0.817. The Morgan fingerprint density at radius 1 is 0.947 bits per heavy atom. The van der Waals surface area contributed by atoms with E-state index in [0.29, 0.717) is 0 Å². The van der Waals surface area contributed by atoms with Gasteiger partial charge in [-0.25, -0.2) is 0 Å². The summed E-state index contributed by atoms with van der Waals surface area (Å²) in [6, 6.07) is 18.3. The maximum atomic E-state index is 5.91. The summed E-state index contributed by atoms with van der Waals surface area (Å²) in [6.07, 6.45) is 0. The second-order valence-corrected chi connectivity index (χ2v) is 6.62. The van der Waals surface area contributed by atoms with Gasteiger partial charge in [-0.3, -0.25) is 0 Å². The van der Waals surface area contributed by atoms with Crippen LogP contribution in [0.15, 0.2) is 64.8 Å². The van der Waals surface area contributed by atoms with E-state index in [1.165, 1.54) is 11.1 Å². The zero-order valence-electron chi connectivity index (χ0n) is 10.2. The van der Waals surface area contributed by atoms with Crippen molar-refractivity contribution in [2.75, 3.05) is 0 Å². The van der Waals surface area contributed by atoms with Gasteiger partial charge in [-0.2, -0.15) is 16.0 Å². The van der Waals surface area contributed by atoms with Gasteiger partial charge in [0.2, 0.25) is 0 Å². The highest BCUT2D eigenvalue weighted by Crippen LogP contribution is 2.36. The zero-order chi connectivity index (χ0) is 13.1. The smallest absolute Gasteiger partial charge is 0.112 e. The molecule has 0 amide bonds. The van der Waals surface area contributed by atoms with Crippen LogP contribution in [0.4, 0.5) is 0 Å². The maximum Gasteiger partial charge on any atom is 0.112 e. The van der Waals surface area contributed by atoms with Crippen LogP contribution in [0.1, 0.15) is 11.1 Å². The van der Waals surface area contributed by atoms with Crippen molar-refractivity contribution < 1.29 is 0 Å². The van der Waals surface area contributed by atoms with Crippen LogP contribution in [0.3, 0.4) is 0 Å². The van der Waals surface area contributed by atoms with Gasteiger partial charge in [0.05, 0.1) is 5.55 Å². The molecule has 19 heavy (non-hydrogen) atoms. The van der Waals surface area contributed by atoms with Crippen molar-refractivity contribution in [3.63, 3.8) is 0 Å². The minimum absolute atomic E-state index is 0.455. The molecule has 0 N–H and O–H groups in total. The molecule has 2 aromatic carbocycles. The molecule has 0 radical (unpaired) electrons. The average Bonchev–Trinajstić information content (AvgIpc) is 2.90. The van der Waals surface area contributed by atoms with Crippen molar-refractivity contribution >= 4 is 33.1 Å². The third kappa shape index (κ3) is 2.88. The van der Waals surface area contributed by atoms with Crippen LogP contribution in [0.25, 0.3) is 0 Å². The van der Waals surface area contributed by atoms with Gasteiger partial charge in [0.1, 0.15) is 5.04 Å². The third-order valence-corrected chi connectivity index (χ3v) is 5.15. The molecule has 1 atom stereocenters. The van der Waals surface area contributed by atoms with Gasteiger partial charge in [-0.1, -0.05) is 54.1 Å². The van der Waals surface area contributed by atoms with Crippen LogP contribution in [0.2, 0.25) is 5.02 Å². The number of nitrogens with zero attached hydrogens (tertiary/aromatic N) is 2. The van der Waals surface area contributed by atoms with E-state index in [0.717, 1.165) is 15.8 Å². The number of benzene rings is 2. The summed E-state index contributed by atoms with van der Waals surface area (Å²) < 4.78 is 0. The standard InChI is InChI=1S/C15H13ClN2S/c16-14-8-6-12(7-9-14)10-19-11-17-18-15(19)13-4-2-1-3-5-13/h1-9,11,19H,10H2. The van der Waals surface area contributed by atoms with Crippen LogP contribution < -0.4 is 0 Å². The SMILES string of the molecule is Clc1ccc(C[SH]2C=NN=C2c2ccccc2)cc1. The predicted molar refractivity (Wildman–Crippen MR) is 85.6 cm³/mol. The lowest BCUT2D eigenvalue weighted by Crippen LogP contribution is -2.01. The summed E-state index contributed by atoms with van der Waals surface area (Å²) in [5, 5.41) is 10.3. The third-order valence-electron chi connectivity index (χ3n) is 2.91. The molecule has 1 aliphatic heterocycles. The van der Waals surface area contributed by atoms with E-state index in [1.54, 1.807) is 0 Å². The Labute approximate surface area is 120 Å². The molecule has 4 heteroatoms. The van der Waals surface area contributed by atoms with Gasteiger partial charge in [0, 0.05) is 16.3 Å². The first-order valence-corrected chi connectivity index (χ1v) is 7.98. The van der Waals surface area contributed by atoms with Crippen LogP contribution >= 0.6 is 22.5 Å². The Morgan fingerprint density at radius 2 is 1.68 bits per heavy atom. The van der Waals surface area contributed by atoms with Crippen molar-refractivity contribution in [2.24, 2.45) is 10.2 Å². The molecule has 1 heterocycles. The predicted octanol–water partition coefficient (Wildman–Crippen LogP) is 4.24. The van der Waals surface area contributed by atoms with E-state index in [-0.39, 0.29) is 0 Å². The fraction of sp³-hybridized carbons (Fsp3) is 0.0667. The molecule has 1 unspecified atom stereocenters. The number of thiol groups is 1. The molecule has 1 aliphatic rings. The van der Waals surface area contributed by atoms with E-state index >= 15 is 0 Å². The van der Waals surface area contributed by atoms with Crippen LogP contribution in [0, 0.1) is 0 Å². The first-order chi connectivity index (χ1) is 9.33.